The monoisotopic (exact) mass is 364 g/mol. The van der Waals surface area contributed by atoms with E-state index >= 15 is 0 Å². The van der Waals surface area contributed by atoms with Crippen molar-refractivity contribution in [2.24, 2.45) is 0 Å². The van der Waals surface area contributed by atoms with Crippen LogP contribution in [-0.2, 0) is 16.1 Å². The number of hydrogen-bond acceptors (Lipinski definition) is 5. The van der Waals surface area contributed by atoms with E-state index in [4.69, 9.17) is 16.0 Å². The number of carbonyl (C=O) groups excluding carboxylic acids is 3. The summed E-state index contributed by atoms with van der Waals surface area (Å²) < 4.78 is 10.0. The quantitative estimate of drug-likeness (QED) is 0.765. The van der Waals surface area contributed by atoms with Crippen LogP contribution in [0.25, 0.3) is 0 Å². The van der Waals surface area contributed by atoms with E-state index in [0.29, 0.717) is 27.7 Å². The molecule has 0 aliphatic carbocycles. The van der Waals surface area contributed by atoms with Crippen LogP contribution >= 0.6 is 11.6 Å². The molecular formula is C17H17ClN2O5. The number of methoxy groups -OCH3 is 1. The van der Waals surface area contributed by atoms with Crippen molar-refractivity contribution in [3.05, 3.63) is 58.0 Å². The van der Waals surface area contributed by atoms with Crippen LogP contribution in [0.5, 0.6) is 0 Å². The third-order valence-corrected chi connectivity index (χ3v) is 3.69. The van der Waals surface area contributed by atoms with Gasteiger partial charge in [0.1, 0.15) is 17.1 Å². The predicted molar refractivity (Wildman–Crippen MR) is 90.4 cm³/mol. The van der Waals surface area contributed by atoms with Gasteiger partial charge in [-0.2, -0.15) is 0 Å². The molecule has 2 N–H and O–H groups in total. The average Bonchev–Trinajstić information content (AvgIpc) is 2.98. The predicted octanol–water partition coefficient (Wildman–Crippen LogP) is 2.07. The van der Waals surface area contributed by atoms with Gasteiger partial charge < -0.3 is 19.8 Å². The fourth-order valence-electron chi connectivity index (χ4n) is 2.09. The number of furan rings is 1. The molecule has 8 heteroatoms. The molecule has 0 aliphatic rings. The number of carbonyl (C=O) groups is 3. The van der Waals surface area contributed by atoms with Gasteiger partial charge in [0.2, 0.25) is 5.91 Å². The zero-order valence-corrected chi connectivity index (χ0v) is 14.5. The maximum Gasteiger partial charge on any atom is 0.341 e. The van der Waals surface area contributed by atoms with Crippen LogP contribution in [0.15, 0.2) is 34.7 Å². The van der Waals surface area contributed by atoms with Crippen LogP contribution < -0.4 is 10.6 Å². The van der Waals surface area contributed by atoms with Gasteiger partial charge in [-0.3, -0.25) is 9.59 Å². The summed E-state index contributed by atoms with van der Waals surface area (Å²) >= 11 is 5.92. The molecule has 7 nitrogen and oxygen atoms in total. The molecule has 1 heterocycles. The second-order valence-electron chi connectivity index (χ2n) is 5.11. The van der Waals surface area contributed by atoms with Gasteiger partial charge in [0.05, 0.1) is 30.8 Å². The number of halogens is 1. The molecule has 2 rings (SSSR count). The van der Waals surface area contributed by atoms with Gasteiger partial charge in [-0.1, -0.05) is 23.7 Å². The van der Waals surface area contributed by atoms with Gasteiger partial charge in [0, 0.05) is 0 Å². The van der Waals surface area contributed by atoms with Crippen molar-refractivity contribution in [1.82, 2.24) is 10.6 Å². The number of esters is 1. The first-order chi connectivity index (χ1) is 11.9. The second-order valence-corrected chi connectivity index (χ2v) is 5.52. The minimum atomic E-state index is -0.508. The van der Waals surface area contributed by atoms with Crippen LogP contribution in [0.1, 0.15) is 32.2 Å². The summed E-state index contributed by atoms with van der Waals surface area (Å²) in [5.41, 5.74) is 0.597. The normalized spacial score (nSPS) is 10.2. The number of hydrogen-bond donors (Lipinski definition) is 2. The van der Waals surface area contributed by atoms with Gasteiger partial charge in [-0.15, -0.1) is 0 Å². The summed E-state index contributed by atoms with van der Waals surface area (Å²) in [6, 6.07) is 8.05. The lowest BCUT2D eigenvalue weighted by Crippen LogP contribution is -2.36. The molecule has 2 amide bonds. The fraction of sp³-hybridized carbons (Fsp3) is 0.235. The summed E-state index contributed by atoms with van der Waals surface area (Å²) in [7, 11) is 1.28. The van der Waals surface area contributed by atoms with Gasteiger partial charge in [0.25, 0.3) is 5.91 Å². The summed E-state index contributed by atoms with van der Waals surface area (Å²) in [5.74, 6) is -0.547. The highest BCUT2D eigenvalue weighted by atomic mass is 35.5. The smallest absolute Gasteiger partial charge is 0.341 e. The molecule has 0 aliphatic heterocycles. The Hall–Kier alpha value is -2.80. The Morgan fingerprint density at radius 2 is 1.88 bits per heavy atom. The first-order valence-electron chi connectivity index (χ1n) is 7.39. The summed E-state index contributed by atoms with van der Waals surface area (Å²) in [6.07, 6.45) is 0. The molecule has 0 saturated carbocycles. The van der Waals surface area contributed by atoms with Crippen molar-refractivity contribution < 1.29 is 23.5 Å². The molecule has 0 radical (unpaired) electrons. The Morgan fingerprint density at radius 3 is 2.56 bits per heavy atom. The Bertz CT molecular complexity index is 800. The maximum atomic E-state index is 12.0. The number of ether oxygens (including phenoxy) is 1. The van der Waals surface area contributed by atoms with Gasteiger partial charge in [0.15, 0.2) is 0 Å². The van der Waals surface area contributed by atoms with E-state index in [0.717, 1.165) is 0 Å². The molecule has 1 aromatic heterocycles. The van der Waals surface area contributed by atoms with Crippen LogP contribution in [0, 0.1) is 6.92 Å². The standard InChI is InChI=1S/C17H17ClN2O5/c1-10-13(17(23)24-2)7-11(25-10)8-19-15(21)9-20-16(22)12-5-3-4-6-14(12)18/h3-7H,8-9H2,1-2H3,(H,19,21)(H,20,22). The SMILES string of the molecule is COC(=O)c1cc(CNC(=O)CNC(=O)c2ccccc2Cl)oc1C. The highest BCUT2D eigenvalue weighted by molar-refractivity contribution is 6.33. The number of nitrogens with one attached hydrogen (secondary N) is 2. The lowest BCUT2D eigenvalue weighted by atomic mass is 10.2. The van der Waals surface area contributed by atoms with Gasteiger partial charge in [-0.25, -0.2) is 4.79 Å². The average molecular weight is 365 g/mol. The number of amides is 2. The number of rotatable bonds is 6. The van der Waals surface area contributed by atoms with E-state index < -0.39 is 17.8 Å². The molecule has 132 valence electrons. The molecule has 1 aromatic carbocycles. The second kappa shape index (κ2) is 8.34. The van der Waals surface area contributed by atoms with E-state index in [1.54, 1.807) is 31.2 Å². The molecule has 0 fully saturated rings. The Morgan fingerprint density at radius 1 is 1.16 bits per heavy atom. The molecule has 25 heavy (non-hydrogen) atoms. The van der Waals surface area contributed by atoms with Crippen LogP contribution in [-0.4, -0.2) is 31.4 Å². The minimum Gasteiger partial charge on any atom is -0.465 e. The first-order valence-corrected chi connectivity index (χ1v) is 7.77. The largest absolute Gasteiger partial charge is 0.465 e. The van der Waals surface area contributed by atoms with E-state index in [1.807, 2.05) is 0 Å². The zero-order chi connectivity index (χ0) is 18.4. The fourth-order valence-corrected chi connectivity index (χ4v) is 2.31. The highest BCUT2D eigenvalue weighted by Gasteiger charge is 2.16. The molecule has 0 bridgehead atoms. The number of benzene rings is 1. The van der Waals surface area contributed by atoms with E-state index in [1.165, 1.54) is 13.2 Å². The van der Waals surface area contributed by atoms with Crippen molar-refractivity contribution in [2.75, 3.05) is 13.7 Å². The summed E-state index contributed by atoms with van der Waals surface area (Å²) in [4.78, 5) is 35.3. The van der Waals surface area contributed by atoms with Crippen molar-refractivity contribution >= 4 is 29.4 Å². The van der Waals surface area contributed by atoms with Crippen LogP contribution in [0.2, 0.25) is 5.02 Å². The molecule has 0 saturated heterocycles. The molecule has 0 unspecified atom stereocenters. The van der Waals surface area contributed by atoms with Gasteiger partial charge in [-0.05, 0) is 25.1 Å². The Balaban J connectivity index is 1.84. The third-order valence-electron chi connectivity index (χ3n) is 3.36. The van der Waals surface area contributed by atoms with Crippen LogP contribution in [0.4, 0.5) is 0 Å². The van der Waals surface area contributed by atoms with Crippen molar-refractivity contribution in [1.29, 1.82) is 0 Å². The number of aryl methyl sites for hydroxylation is 1. The maximum absolute atomic E-state index is 12.0. The first kappa shape index (κ1) is 18.5. The lowest BCUT2D eigenvalue weighted by Gasteiger charge is -2.07. The minimum absolute atomic E-state index is 0.0820. The Kier molecular flexibility index (Phi) is 6.19. The topological polar surface area (TPSA) is 97.6 Å². The molecular weight excluding hydrogens is 348 g/mol. The molecule has 2 aromatic rings. The van der Waals surface area contributed by atoms with E-state index in [9.17, 15) is 14.4 Å². The van der Waals surface area contributed by atoms with Crippen molar-refractivity contribution in [2.45, 2.75) is 13.5 Å². The third kappa shape index (κ3) is 4.84. The van der Waals surface area contributed by atoms with Crippen molar-refractivity contribution in [3.63, 3.8) is 0 Å². The molecule has 0 atom stereocenters. The lowest BCUT2D eigenvalue weighted by molar-refractivity contribution is -0.120. The van der Waals surface area contributed by atoms with Gasteiger partial charge >= 0.3 is 5.97 Å². The summed E-state index contributed by atoms with van der Waals surface area (Å²) in [5, 5.41) is 5.37. The van der Waals surface area contributed by atoms with Crippen LogP contribution in [0.3, 0.4) is 0 Å². The van der Waals surface area contributed by atoms with E-state index in [2.05, 4.69) is 15.4 Å². The van der Waals surface area contributed by atoms with Crippen molar-refractivity contribution in [3.8, 4) is 0 Å². The summed E-state index contributed by atoms with van der Waals surface area (Å²) in [6.45, 7) is 1.49. The zero-order valence-electron chi connectivity index (χ0n) is 13.7. The van der Waals surface area contributed by atoms with E-state index in [-0.39, 0.29) is 13.1 Å². The Labute approximate surface area is 149 Å². The molecule has 0 spiro atoms. The highest BCUT2D eigenvalue weighted by Crippen LogP contribution is 2.16.